The molecule has 1 amide bonds. The van der Waals surface area contributed by atoms with E-state index in [0.717, 1.165) is 6.42 Å². The molecule has 21 heavy (non-hydrogen) atoms. The summed E-state index contributed by atoms with van der Waals surface area (Å²) in [4.78, 5) is 25.4. The van der Waals surface area contributed by atoms with E-state index in [4.69, 9.17) is 23.2 Å². The maximum absolute atomic E-state index is 12.7. The van der Waals surface area contributed by atoms with E-state index in [0.29, 0.717) is 12.2 Å². The Labute approximate surface area is 135 Å². The van der Waals surface area contributed by atoms with Gasteiger partial charge in [-0.3, -0.25) is 4.79 Å². The third-order valence-electron chi connectivity index (χ3n) is 3.10. The number of halogens is 2. The molecule has 1 aliphatic rings. The largest absolute Gasteiger partial charge is 0.480 e. The van der Waals surface area contributed by atoms with Crippen molar-refractivity contribution in [2.24, 2.45) is 0 Å². The SMILES string of the molecule is CCCC1SCC(C(=O)O)N1C(=O)c1cc(Cl)nnc1Cl. The number of amides is 1. The summed E-state index contributed by atoms with van der Waals surface area (Å²) in [7, 11) is 0. The summed E-state index contributed by atoms with van der Waals surface area (Å²) >= 11 is 13.1. The lowest BCUT2D eigenvalue weighted by Gasteiger charge is -2.27. The lowest BCUT2D eigenvalue weighted by atomic mass is 10.2. The van der Waals surface area contributed by atoms with Crippen molar-refractivity contribution in [2.75, 3.05) is 5.75 Å². The Hall–Kier alpha value is -1.05. The van der Waals surface area contributed by atoms with Gasteiger partial charge < -0.3 is 10.0 Å². The Morgan fingerprint density at radius 2 is 2.19 bits per heavy atom. The number of hydrogen-bond donors (Lipinski definition) is 1. The van der Waals surface area contributed by atoms with Gasteiger partial charge in [-0.05, 0) is 12.5 Å². The van der Waals surface area contributed by atoms with Crippen LogP contribution in [0.15, 0.2) is 6.07 Å². The first-order valence-electron chi connectivity index (χ1n) is 6.31. The van der Waals surface area contributed by atoms with Gasteiger partial charge in [-0.1, -0.05) is 36.5 Å². The van der Waals surface area contributed by atoms with E-state index < -0.39 is 17.9 Å². The van der Waals surface area contributed by atoms with Crippen LogP contribution in [-0.4, -0.2) is 49.2 Å². The lowest BCUT2D eigenvalue weighted by Crippen LogP contribution is -2.45. The molecule has 0 aliphatic carbocycles. The number of aliphatic carboxylic acids is 1. The molecule has 2 unspecified atom stereocenters. The van der Waals surface area contributed by atoms with Gasteiger partial charge in [-0.15, -0.1) is 22.0 Å². The molecule has 2 heterocycles. The number of nitrogens with zero attached hydrogens (tertiary/aromatic N) is 3. The van der Waals surface area contributed by atoms with Crippen LogP contribution in [0, 0.1) is 0 Å². The van der Waals surface area contributed by atoms with Crippen molar-refractivity contribution in [1.82, 2.24) is 15.1 Å². The number of thioether (sulfide) groups is 1. The van der Waals surface area contributed by atoms with Gasteiger partial charge in [0, 0.05) is 5.75 Å². The van der Waals surface area contributed by atoms with Gasteiger partial charge >= 0.3 is 5.97 Å². The molecule has 1 N–H and O–H groups in total. The summed E-state index contributed by atoms with van der Waals surface area (Å²) in [6, 6.07) is 0.437. The fourth-order valence-corrected chi connectivity index (χ4v) is 3.97. The molecule has 6 nitrogen and oxygen atoms in total. The summed E-state index contributed by atoms with van der Waals surface area (Å²) < 4.78 is 0. The smallest absolute Gasteiger partial charge is 0.327 e. The summed E-state index contributed by atoms with van der Waals surface area (Å²) in [6.45, 7) is 1.98. The molecule has 0 spiro atoms. The van der Waals surface area contributed by atoms with Crippen molar-refractivity contribution in [3.05, 3.63) is 21.9 Å². The van der Waals surface area contributed by atoms with Gasteiger partial charge in [-0.2, -0.15) is 0 Å². The Morgan fingerprint density at radius 3 is 2.81 bits per heavy atom. The van der Waals surface area contributed by atoms with Gasteiger partial charge in [0.05, 0.1) is 10.9 Å². The average molecular weight is 350 g/mol. The monoisotopic (exact) mass is 349 g/mol. The highest BCUT2D eigenvalue weighted by Crippen LogP contribution is 2.34. The second-order valence-corrected chi connectivity index (χ2v) is 6.47. The standard InChI is InChI=1S/C12H13Cl2N3O3S/c1-2-3-9-17(7(5-21-9)12(19)20)11(18)6-4-8(13)15-16-10(6)14/h4,7,9H,2-3,5H2,1H3,(H,19,20). The molecule has 0 bridgehead atoms. The quantitative estimate of drug-likeness (QED) is 0.899. The van der Waals surface area contributed by atoms with Crippen molar-refractivity contribution in [3.63, 3.8) is 0 Å². The molecule has 2 rings (SSSR count). The molecule has 9 heteroatoms. The van der Waals surface area contributed by atoms with E-state index in [-0.39, 0.29) is 21.2 Å². The molecule has 0 radical (unpaired) electrons. The van der Waals surface area contributed by atoms with Crippen LogP contribution >= 0.6 is 35.0 Å². The molecule has 1 fully saturated rings. The molecule has 1 aromatic rings. The van der Waals surface area contributed by atoms with Crippen LogP contribution in [0.1, 0.15) is 30.1 Å². The molecule has 114 valence electrons. The molecular weight excluding hydrogens is 337 g/mol. The molecule has 0 aromatic carbocycles. The van der Waals surface area contributed by atoms with Crippen molar-refractivity contribution >= 4 is 46.8 Å². The van der Waals surface area contributed by atoms with Crippen LogP contribution < -0.4 is 0 Å². The first-order chi connectivity index (χ1) is 9.95. The number of rotatable bonds is 4. The maximum atomic E-state index is 12.7. The van der Waals surface area contributed by atoms with Gasteiger partial charge in [0.15, 0.2) is 10.3 Å². The first-order valence-corrected chi connectivity index (χ1v) is 8.12. The minimum atomic E-state index is -1.03. The van der Waals surface area contributed by atoms with Crippen molar-refractivity contribution in [1.29, 1.82) is 0 Å². The Balaban J connectivity index is 2.36. The van der Waals surface area contributed by atoms with Crippen LogP contribution in [0.2, 0.25) is 10.3 Å². The Kier molecular flexibility index (Phi) is 5.29. The minimum Gasteiger partial charge on any atom is -0.480 e. The normalized spacial score (nSPS) is 21.6. The number of hydrogen-bond acceptors (Lipinski definition) is 5. The molecule has 1 aromatic heterocycles. The first kappa shape index (κ1) is 16.3. The predicted molar refractivity (Wildman–Crippen MR) is 80.8 cm³/mol. The zero-order chi connectivity index (χ0) is 15.6. The maximum Gasteiger partial charge on any atom is 0.327 e. The highest BCUT2D eigenvalue weighted by molar-refractivity contribution is 8.00. The van der Waals surface area contributed by atoms with Gasteiger partial charge in [-0.25, -0.2) is 4.79 Å². The van der Waals surface area contributed by atoms with E-state index in [9.17, 15) is 14.7 Å². The number of carbonyl (C=O) groups is 2. The fourth-order valence-electron chi connectivity index (χ4n) is 2.14. The van der Waals surface area contributed by atoms with Gasteiger partial charge in [0.25, 0.3) is 5.91 Å². The zero-order valence-corrected chi connectivity index (χ0v) is 13.5. The van der Waals surface area contributed by atoms with Gasteiger partial charge in [0.1, 0.15) is 6.04 Å². The van der Waals surface area contributed by atoms with Crippen LogP contribution in [0.5, 0.6) is 0 Å². The van der Waals surface area contributed by atoms with Crippen LogP contribution in [0.4, 0.5) is 0 Å². The van der Waals surface area contributed by atoms with Crippen molar-refractivity contribution < 1.29 is 14.7 Å². The lowest BCUT2D eigenvalue weighted by molar-refractivity contribution is -0.141. The number of carboxylic acids is 1. The van der Waals surface area contributed by atoms with E-state index in [1.807, 2.05) is 6.92 Å². The minimum absolute atomic E-state index is 0.0357. The molecule has 1 aliphatic heterocycles. The summed E-state index contributed by atoms with van der Waals surface area (Å²) in [5.74, 6) is -1.15. The average Bonchev–Trinajstić information content (AvgIpc) is 2.85. The zero-order valence-electron chi connectivity index (χ0n) is 11.1. The van der Waals surface area contributed by atoms with Crippen molar-refractivity contribution in [2.45, 2.75) is 31.2 Å². The molecule has 2 atom stereocenters. The highest BCUT2D eigenvalue weighted by Gasteiger charge is 2.42. The molecule has 0 saturated carbocycles. The van der Waals surface area contributed by atoms with Crippen LogP contribution in [0.3, 0.4) is 0 Å². The number of carbonyl (C=O) groups excluding carboxylic acids is 1. The summed E-state index contributed by atoms with van der Waals surface area (Å²) in [5.41, 5.74) is 0.0755. The molecule has 1 saturated heterocycles. The predicted octanol–water partition coefficient (Wildman–Crippen LogP) is 2.55. The van der Waals surface area contributed by atoms with Crippen molar-refractivity contribution in [3.8, 4) is 0 Å². The second-order valence-electron chi connectivity index (χ2n) is 4.51. The summed E-state index contributed by atoms with van der Waals surface area (Å²) in [5, 5.41) is 16.2. The third kappa shape index (κ3) is 3.41. The highest BCUT2D eigenvalue weighted by atomic mass is 35.5. The van der Waals surface area contributed by atoms with E-state index in [1.54, 1.807) is 0 Å². The van der Waals surface area contributed by atoms with E-state index in [2.05, 4.69) is 10.2 Å². The topological polar surface area (TPSA) is 83.4 Å². The Morgan fingerprint density at radius 1 is 1.48 bits per heavy atom. The third-order valence-corrected chi connectivity index (χ3v) is 4.92. The second kappa shape index (κ2) is 6.81. The van der Waals surface area contributed by atoms with Crippen LogP contribution in [0.25, 0.3) is 0 Å². The molecular formula is C12H13Cl2N3O3S. The van der Waals surface area contributed by atoms with Gasteiger partial charge in [0.2, 0.25) is 0 Å². The van der Waals surface area contributed by atoms with Crippen LogP contribution in [-0.2, 0) is 4.79 Å². The summed E-state index contributed by atoms with van der Waals surface area (Å²) in [6.07, 6.45) is 1.56. The van der Waals surface area contributed by atoms with E-state index >= 15 is 0 Å². The van der Waals surface area contributed by atoms with E-state index in [1.165, 1.54) is 22.7 Å². The number of carboxylic acid groups (broad SMARTS) is 1. The Bertz CT molecular complexity index is 573. The fraction of sp³-hybridized carbons (Fsp3) is 0.500. The number of aromatic nitrogens is 2.